The zero-order valence-electron chi connectivity index (χ0n) is 11.6. The quantitative estimate of drug-likeness (QED) is 0.689. The Bertz CT molecular complexity index is 747. The highest BCUT2D eigenvalue weighted by atomic mass is 14.9. The Kier molecular flexibility index (Phi) is 3.30. The molecule has 2 nitrogen and oxygen atoms in total. The number of aryl methyl sites for hydroxylation is 1. The summed E-state index contributed by atoms with van der Waals surface area (Å²) in [4.78, 5) is 0. The van der Waals surface area contributed by atoms with E-state index in [-0.39, 0.29) is 0 Å². The number of hydrogen-bond acceptors (Lipinski definition) is 2. The third-order valence-corrected chi connectivity index (χ3v) is 3.51. The summed E-state index contributed by atoms with van der Waals surface area (Å²) in [7, 11) is 0. The molecule has 0 aliphatic heterocycles. The molecular weight excluding hydrogens is 244 g/mol. The third-order valence-electron chi connectivity index (χ3n) is 3.51. The van der Waals surface area contributed by atoms with Crippen LogP contribution in [0.25, 0.3) is 10.8 Å². The molecule has 3 aromatic carbocycles. The highest BCUT2D eigenvalue weighted by Gasteiger charge is 2.00. The van der Waals surface area contributed by atoms with E-state index < -0.39 is 0 Å². The monoisotopic (exact) mass is 262 g/mol. The molecule has 3 rings (SSSR count). The van der Waals surface area contributed by atoms with Crippen molar-refractivity contribution in [3.8, 4) is 0 Å². The largest absolute Gasteiger partial charge is 0.397 e. The number of rotatable bonds is 3. The fourth-order valence-corrected chi connectivity index (χ4v) is 2.37. The van der Waals surface area contributed by atoms with Crippen molar-refractivity contribution in [2.24, 2.45) is 0 Å². The lowest BCUT2D eigenvalue weighted by Gasteiger charge is -2.11. The van der Waals surface area contributed by atoms with Crippen LogP contribution in [-0.2, 0) is 6.54 Å². The van der Waals surface area contributed by atoms with E-state index in [2.05, 4.69) is 60.8 Å². The lowest BCUT2D eigenvalue weighted by atomic mass is 10.1. The van der Waals surface area contributed by atoms with Gasteiger partial charge >= 0.3 is 0 Å². The van der Waals surface area contributed by atoms with E-state index in [1.54, 1.807) is 0 Å². The molecule has 2 heteroatoms. The first-order valence-corrected chi connectivity index (χ1v) is 6.80. The minimum Gasteiger partial charge on any atom is -0.397 e. The molecular formula is C18H18N2. The molecule has 3 N–H and O–H groups in total. The van der Waals surface area contributed by atoms with Crippen molar-refractivity contribution in [2.75, 3.05) is 11.1 Å². The first-order chi connectivity index (χ1) is 9.72. The number of benzene rings is 3. The van der Waals surface area contributed by atoms with E-state index in [4.69, 9.17) is 5.73 Å². The van der Waals surface area contributed by atoms with Gasteiger partial charge in [0.2, 0.25) is 0 Å². The Labute approximate surface area is 119 Å². The van der Waals surface area contributed by atoms with E-state index in [0.717, 1.165) is 17.9 Å². The molecule has 0 aromatic heterocycles. The number of hydrogen-bond donors (Lipinski definition) is 2. The van der Waals surface area contributed by atoms with Crippen LogP contribution in [0.2, 0.25) is 0 Å². The summed E-state index contributed by atoms with van der Waals surface area (Å²) in [6.45, 7) is 2.85. The van der Waals surface area contributed by atoms with Gasteiger partial charge in [0.05, 0.1) is 11.4 Å². The van der Waals surface area contributed by atoms with Crippen LogP contribution in [0, 0.1) is 6.92 Å². The van der Waals surface area contributed by atoms with Gasteiger partial charge in [0, 0.05) is 6.54 Å². The van der Waals surface area contributed by atoms with Crippen LogP contribution in [-0.4, -0.2) is 0 Å². The Morgan fingerprint density at radius 3 is 2.55 bits per heavy atom. The molecule has 20 heavy (non-hydrogen) atoms. The summed E-state index contributed by atoms with van der Waals surface area (Å²) >= 11 is 0. The molecule has 0 aliphatic rings. The van der Waals surface area contributed by atoms with Crippen LogP contribution in [0.4, 0.5) is 11.4 Å². The van der Waals surface area contributed by atoms with Crippen molar-refractivity contribution >= 4 is 22.1 Å². The molecule has 0 fully saturated rings. The molecule has 0 amide bonds. The fraction of sp³-hybridized carbons (Fsp3) is 0.111. The van der Waals surface area contributed by atoms with Gasteiger partial charge in [0.25, 0.3) is 0 Å². The second-order valence-electron chi connectivity index (χ2n) is 5.13. The Balaban J connectivity index is 1.81. The lowest BCUT2D eigenvalue weighted by Crippen LogP contribution is -2.02. The van der Waals surface area contributed by atoms with Crippen molar-refractivity contribution in [3.05, 3.63) is 71.8 Å². The fourth-order valence-electron chi connectivity index (χ4n) is 2.37. The Morgan fingerprint density at radius 2 is 1.70 bits per heavy atom. The Hall–Kier alpha value is -2.48. The molecule has 0 radical (unpaired) electrons. The average Bonchev–Trinajstić information content (AvgIpc) is 2.48. The molecule has 0 spiro atoms. The highest BCUT2D eigenvalue weighted by molar-refractivity contribution is 5.83. The maximum absolute atomic E-state index is 5.98. The van der Waals surface area contributed by atoms with E-state index in [0.29, 0.717) is 0 Å². The van der Waals surface area contributed by atoms with Crippen LogP contribution < -0.4 is 11.1 Å². The van der Waals surface area contributed by atoms with Gasteiger partial charge in [-0.3, -0.25) is 0 Å². The van der Waals surface area contributed by atoms with Crippen LogP contribution in [0.5, 0.6) is 0 Å². The van der Waals surface area contributed by atoms with Gasteiger partial charge in [0.1, 0.15) is 0 Å². The van der Waals surface area contributed by atoms with Gasteiger partial charge in [-0.2, -0.15) is 0 Å². The van der Waals surface area contributed by atoms with Crippen LogP contribution in [0.15, 0.2) is 60.7 Å². The van der Waals surface area contributed by atoms with Crippen molar-refractivity contribution in [1.82, 2.24) is 0 Å². The van der Waals surface area contributed by atoms with Gasteiger partial charge in [-0.15, -0.1) is 0 Å². The molecule has 0 bridgehead atoms. The molecule has 0 heterocycles. The van der Waals surface area contributed by atoms with Crippen LogP contribution in [0.1, 0.15) is 11.1 Å². The molecule has 100 valence electrons. The zero-order chi connectivity index (χ0) is 13.9. The number of anilines is 2. The summed E-state index contributed by atoms with van der Waals surface area (Å²) in [6.07, 6.45) is 0. The van der Waals surface area contributed by atoms with Crippen molar-refractivity contribution in [3.63, 3.8) is 0 Å². The normalized spacial score (nSPS) is 10.7. The second kappa shape index (κ2) is 5.25. The summed E-state index contributed by atoms with van der Waals surface area (Å²) in [5, 5.41) is 5.95. The number of nitrogens with two attached hydrogens (primary N) is 1. The van der Waals surface area contributed by atoms with E-state index in [1.165, 1.54) is 21.9 Å². The van der Waals surface area contributed by atoms with E-state index in [9.17, 15) is 0 Å². The molecule has 0 unspecified atom stereocenters. The topological polar surface area (TPSA) is 38.0 Å². The molecule has 3 aromatic rings. The Morgan fingerprint density at radius 1 is 0.900 bits per heavy atom. The van der Waals surface area contributed by atoms with Gasteiger partial charge < -0.3 is 11.1 Å². The first-order valence-electron chi connectivity index (χ1n) is 6.80. The summed E-state index contributed by atoms with van der Waals surface area (Å²) in [5.41, 5.74) is 10.2. The molecule has 0 aliphatic carbocycles. The van der Waals surface area contributed by atoms with Crippen LogP contribution >= 0.6 is 0 Å². The standard InChI is InChI=1S/C18H18N2/c1-13-6-9-17(19)18(10-13)20-12-14-7-8-15-4-2-3-5-16(15)11-14/h2-11,20H,12,19H2,1H3. The number of nitrogen functional groups attached to an aromatic ring is 1. The summed E-state index contributed by atoms with van der Waals surface area (Å²) in [5.74, 6) is 0. The van der Waals surface area contributed by atoms with E-state index in [1.807, 2.05) is 12.1 Å². The summed E-state index contributed by atoms with van der Waals surface area (Å²) in [6, 6.07) is 21.0. The third kappa shape index (κ3) is 2.59. The number of nitrogens with one attached hydrogen (secondary N) is 1. The molecule has 0 saturated carbocycles. The molecule has 0 atom stereocenters. The SMILES string of the molecule is Cc1ccc(N)c(NCc2ccc3ccccc3c2)c1. The predicted octanol–water partition coefficient (Wildman–Crippen LogP) is 4.34. The van der Waals surface area contributed by atoms with Crippen molar-refractivity contribution < 1.29 is 0 Å². The minimum absolute atomic E-state index is 0.776. The molecule has 0 saturated heterocycles. The van der Waals surface area contributed by atoms with Gasteiger partial charge in [-0.1, -0.05) is 42.5 Å². The maximum atomic E-state index is 5.98. The van der Waals surface area contributed by atoms with E-state index >= 15 is 0 Å². The van der Waals surface area contributed by atoms with Crippen LogP contribution in [0.3, 0.4) is 0 Å². The minimum atomic E-state index is 0.776. The maximum Gasteiger partial charge on any atom is 0.0579 e. The second-order valence-corrected chi connectivity index (χ2v) is 5.13. The van der Waals surface area contributed by atoms with Gasteiger partial charge in [0.15, 0.2) is 0 Å². The highest BCUT2D eigenvalue weighted by Crippen LogP contribution is 2.21. The zero-order valence-corrected chi connectivity index (χ0v) is 11.6. The smallest absolute Gasteiger partial charge is 0.0579 e. The number of fused-ring (bicyclic) bond motifs is 1. The first kappa shape index (κ1) is 12.5. The summed E-state index contributed by atoms with van der Waals surface area (Å²) < 4.78 is 0. The van der Waals surface area contributed by atoms with Crippen molar-refractivity contribution in [2.45, 2.75) is 13.5 Å². The average molecular weight is 262 g/mol. The van der Waals surface area contributed by atoms with Gasteiger partial charge in [-0.25, -0.2) is 0 Å². The van der Waals surface area contributed by atoms with Crippen molar-refractivity contribution in [1.29, 1.82) is 0 Å². The lowest BCUT2D eigenvalue weighted by molar-refractivity contribution is 1.15. The van der Waals surface area contributed by atoms with Gasteiger partial charge in [-0.05, 0) is 47.0 Å². The predicted molar refractivity (Wildman–Crippen MR) is 86.9 cm³/mol.